The monoisotopic (exact) mass is 311 g/mol. The Morgan fingerprint density at radius 1 is 1.13 bits per heavy atom. The van der Waals surface area contributed by atoms with Crippen LogP contribution in [0.4, 0.5) is 0 Å². The SMILES string of the molecule is Cc1ccc(CN2C[C@H]3CC[C@@H]2CN(Cc2cccnc2)C3)o1. The third-order valence-electron chi connectivity index (χ3n) is 5.19. The molecular formula is C19H25N3O. The maximum atomic E-state index is 5.79. The van der Waals surface area contributed by atoms with Crippen molar-refractivity contribution in [3.63, 3.8) is 0 Å². The molecule has 3 saturated heterocycles. The minimum absolute atomic E-state index is 0.649. The molecule has 4 heteroatoms. The Hall–Kier alpha value is -1.65. The molecule has 2 aromatic rings. The summed E-state index contributed by atoms with van der Waals surface area (Å²) in [6.07, 6.45) is 6.52. The highest BCUT2D eigenvalue weighted by Crippen LogP contribution is 2.30. The fourth-order valence-electron chi connectivity index (χ4n) is 4.12. The Morgan fingerprint density at radius 2 is 2.09 bits per heavy atom. The van der Waals surface area contributed by atoms with E-state index >= 15 is 0 Å². The van der Waals surface area contributed by atoms with Crippen LogP contribution < -0.4 is 0 Å². The number of furan rings is 1. The average molecular weight is 311 g/mol. The van der Waals surface area contributed by atoms with Gasteiger partial charge in [0.15, 0.2) is 0 Å². The van der Waals surface area contributed by atoms with Crippen molar-refractivity contribution < 1.29 is 4.42 Å². The molecular weight excluding hydrogens is 286 g/mol. The second kappa shape index (κ2) is 6.46. The van der Waals surface area contributed by atoms with Gasteiger partial charge in [0.05, 0.1) is 6.54 Å². The van der Waals surface area contributed by atoms with Gasteiger partial charge in [-0.05, 0) is 49.4 Å². The quantitative estimate of drug-likeness (QED) is 0.868. The topological polar surface area (TPSA) is 32.5 Å². The zero-order chi connectivity index (χ0) is 15.6. The number of aromatic nitrogens is 1. The van der Waals surface area contributed by atoms with Crippen molar-refractivity contribution in [2.75, 3.05) is 19.6 Å². The summed E-state index contributed by atoms with van der Waals surface area (Å²) in [6.45, 7) is 7.57. The van der Waals surface area contributed by atoms with Crippen molar-refractivity contribution in [2.24, 2.45) is 5.92 Å². The minimum Gasteiger partial charge on any atom is -0.465 e. The second-order valence-corrected chi connectivity index (χ2v) is 7.09. The lowest BCUT2D eigenvalue weighted by atomic mass is 9.95. The van der Waals surface area contributed by atoms with Gasteiger partial charge >= 0.3 is 0 Å². The van der Waals surface area contributed by atoms with Gasteiger partial charge < -0.3 is 4.42 Å². The van der Waals surface area contributed by atoms with Crippen LogP contribution in [0.25, 0.3) is 0 Å². The summed E-state index contributed by atoms with van der Waals surface area (Å²) in [5.41, 5.74) is 1.32. The lowest BCUT2D eigenvalue weighted by Gasteiger charge is -2.35. The second-order valence-electron chi connectivity index (χ2n) is 7.09. The molecule has 122 valence electrons. The summed E-state index contributed by atoms with van der Waals surface area (Å²) in [4.78, 5) is 9.50. The number of hydrogen-bond acceptors (Lipinski definition) is 4. The number of nitrogens with zero attached hydrogens (tertiary/aromatic N) is 3. The lowest BCUT2D eigenvalue weighted by molar-refractivity contribution is 0.114. The predicted molar refractivity (Wildman–Crippen MR) is 89.9 cm³/mol. The van der Waals surface area contributed by atoms with Crippen molar-refractivity contribution in [2.45, 2.75) is 38.9 Å². The third-order valence-corrected chi connectivity index (χ3v) is 5.19. The first-order chi connectivity index (χ1) is 11.3. The molecule has 0 amide bonds. The summed E-state index contributed by atoms with van der Waals surface area (Å²) in [7, 11) is 0. The van der Waals surface area contributed by atoms with Crippen LogP contribution in [0, 0.1) is 12.8 Å². The van der Waals surface area contributed by atoms with Crippen molar-refractivity contribution in [1.29, 1.82) is 0 Å². The summed E-state index contributed by atoms with van der Waals surface area (Å²) < 4.78 is 5.79. The van der Waals surface area contributed by atoms with Crippen LogP contribution in [0.5, 0.6) is 0 Å². The molecule has 2 bridgehead atoms. The molecule has 5 heterocycles. The highest BCUT2D eigenvalue weighted by Gasteiger charge is 2.34. The summed E-state index contributed by atoms with van der Waals surface area (Å²) in [5, 5.41) is 0. The van der Waals surface area contributed by atoms with Crippen LogP contribution in [0.2, 0.25) is 0 Å². The van der Waals surface area contributed by atoms with Crippen molar-refractivity contribution in [3.8, 4) is 0 Å². The van der Waals surface area contributed by atoms with E-state index in [1.807, 2.05) is 25.4 Å². The molecule has 0 saturated carbocycles. The van der Waals surface area contributed by atoms with E-state index in [1.54, 1.807) is 0 Å². The molecule has 2 aromatic heterocycles. The molecule has 0 unspecified atom stereocenters. The summed E-state index contributed by atoms with van der Waals surface area (Å²) >= 11 is 0. The first-order valence-corrected chi connectivity index (χ1v) is 8.67. The summed E-state index contributed by atoms with van der Waals surface area (Å²) in [5.74, 6) is 2.90. The van der Waals surface area contributed by atoms with Crippen molar-refractivity contribution >= 4 is 0 Å². The van der Waals surface area contributed by atoms with Gasteiger partial charge in [0, 0.05) is 44.6 Å². The Labute approximate surface area is 138 Å². The van der Waals surface area contributed by atoms with Gasteiger partial charge in [-0.15, -0.1) is 0 Å². The molecule has 0 spiro atoms. The van der Waals surface area contributed by atoms with Crippen LogP contribution in [0.1, 0.15) is 29.9 Å². The van der Waals surface area contributed by atoms with E-state index in [1.165, 1.54) is 31.5 Å². The molecule has 3 aliphatic rings. The highest BCUT2D eigenvalue weighted by molar-refractivity contribution is 5.09. The third kappa shape index (κ3) is 3.48. The van der Waals surface area contributed by atoms with E-state index in [9.17, 15) is 0 Å². The number of hydrogen-bond donors (Lipinski definition) is 0. The Bertz CT molecular complexity index is 639. The molecule has 2 atom stereocenters. The number of piperidine rings is 1. The van der Waals surface area contributed by atoms with E-state index in [-0.39, 0.29) is 0 Å². The van der Waals surface area contributed by atoms with Gasteiger partial charge in [0.1, 0.15) is 11.5 Å². The first-order valence-electron chi connectivity index (χ1n) is 8.67. The minimum atomic E-state index is 0.649. The Morgan fingerprint density at radius 3 is 2.87 bits per heavy atom. The van der Waals surface area contributed by atoms with Gasteiger partial charge in [0.25, 0.3) is 0 Å². The number of rotatable bonds is 4. The van der Waals surface area contributed by atoms with Crippen LogP contribution in [0.3, 0.4) is 0 Å². The molecule has 0 radical (unpaired) electrons. The smallest absolute Gasteiger partial charge is 0.118 e. The van der Waals surface area contributed by atoms with Crippen LogP contribution in [0.15, 0.2) is 41.1 Å². The van der Waals surface area contributed by atoms with Crippen LogP contribution >= 0.6 is 0 Å². The van der Waals surface area contributed by atoms with Crippen molar-refractivity contribution in [3.05, 3.63) is 53.7 Å². The van der Waals surface area contributed by atoms with E-state index in [4.69, 9.17) is 4.42 Å². The van der Waals surface area contributed by atoms with Crippen LogP contribution in [-0.4, -0.2) is 40.5 Å². The molecule has 0 aliphatic carbocycles. The molecule has 4 nitrogen and oxygen atoms in total. The molecule has 23 heavy (non-hydrogen) atoms. The maximum absolute atomic E-state index is 5.79. The molecule has 5 rings (SSSR count). The number of aryl methyl sites for hydroxylation is 1. The maximum Gasteiger partial charge on any atom is 0.118 e. The number of pyridine rings is 1. The Kier molecular flexibility index (Phi) is 4.19. The molecule has 3 fully saturated rings. The zero-order valence-corrected chi connectivity index (χ0v) is 13.8. The molecule has 3 aliphatic heterocycles. The van der Waals surface area contributed by atoms with E-state index in [2.05, 4.69) is 33.0 Å². The zero-order valence-electron chi connectivity index (χ0n) is 13.8. The largest absolute Gasteiger partial charge is 0.465 e. The molecule has 0 N–H and O–H groups in total. The van der Waals surface area contributed by atoms with Gasteiger partial charge in [-0.3, -0.25) is 14.8 Å². The fourth-order valence-corrected chi connectivity index (χ4v) is 4.12. The van der Waals surface area contributed by atoms with Gasteiger partial charge in [-0.2, -0.15) is 0 Å². The Balaban J connectivity index is 1.44. The average Bonchev–Trinajstić information content (AvgIpc) is 2.77. The molecule has 0 aromatic carbocycles. The van der Waals surface area contributed by atoms with Gasteiger partial charge in [-0.25, -0.2) is 0 Å². The van der Waals surface area contributed by atoms with Gasteiger partial charge in [0.2, 0.25) is 0 Å². The predicted octanol–water partition coefficient (Wildman–Crippen LogP) is 3.08. The first kappa shape index (κ1) is 14.9. The number of fused-ring (bicyclic) bond motifs is 4. The van der Waals surface area contributed by atoms with E-state index < -0.39 is 0 Å². The standard InChI is InChI=1S/C19H25N3O/c1-15-4-7-19(23-15)14-22-12-17-5-6-18(22)13-21(11-17)10-16-3-2-8-20-9-16/h2-4,7-9,17-18H,5-6,10-14H2,1H3/t17-,18+/m0/s1. The summed E-state index contributed by atoms with van der Waals surface area (Å²) in [6, 6.07) is 9.06. The van der Waals surface area contributed by atoms with Crippen molar-refractivity contribution in [1.82, 2.24) is 14.8 Å². The van der Waals surface area contributed by atoms with Crippen LogP contribution in [-0.2, 0) is 13.1 Å². The normalized spacial score (nSPS) is 25.6. The highest BCUT2D eigenvalue weighted by atomic mass is 16.3. The van der Waals surface area contributed by atoms with E-state index in [0.29, 0.717) is 6.04 Å². The lowest BCUT2D eigenvalue weighted by Crippen LogP contribution is -2.43. The van der Waals surface area contributed by atoms with Gasteiger partial charge in [-0.1, -0.05) is 6.07 Å². The fraction of sp³-hybridized carbons (Fsp3) is 0.526. The van der Waals surface area contributed by atoms with E-state index in [0.717, 1.165) is 37.1 Å².